The molecule has 0 radical (unpaired) electrons. The lowest BCUT2D eigenvalue weighted by molar-refractivity contribution is 0.375. The fourth-order valence-electron chi connectivity index (χ4n) is 6.19. The second kappa shape index (κ2) is 16.3. The van der Waals surface area contributed by atoms with E-state index in [1.165, 1.54) is 147 Å². The van der Waals surface area contributed by atoms with Gasteiger partial charge in [-0.15, -0.1) is 0 Å². The molecule has 176 valence electrons. The fraction of sp³-hybridized carbons (Fsp3) is 0.931. The lowest BCUT2D eigenvalue weighted by atomic mass is 9.87. The molecule has 2 aliphatic rings. The SMILES string of the molecule is C=C(CCCN(C)C)CC(CCCCCC1CCCC1)CCCCCC1CCCC1. The average molecular weight is 418 g/mol. The number of allylic oxidation sites excluding steroid dienone is 1. The predicted octanol–water partition coefficient (Wildman–Crippen LogP) is 9.17. The second-order valence-electron chi connectivity index (χ2n) is 11.3. The van der Waals surface area contributed by atoms with E-state index < -0.39 is 0 Å². The van der Waals surface area contributed by atoms with Crippen molar-refractivity contribution in [1.82, 2.24) is 4.90 Å². The summed E-state index contributed by atoms with van der Waals surface area (Å²) in [5.74, 6) is 3.07. The van der Waals surface area contributed by atoms with Crippen molar-refractivity contribution in [2.24, 2.45) is 17.8 Å². The first-order valence-corrected chi connectivity index (χ1v) is 13.9. The van der Waals surface area contributed by atoms with E-state index >= 15 is 0 Å². The highest BCUT2D eigenvalue weighted by Crippen LogP contribution is 2.32. The number of hydrogen-bond donors (Lipinski definition) is 0. The Morgan fingerprint density at radius 3 is 1.70 bits per heavy atom. The molecule has 2 fully saturated rings. The lowest BCUT2D eigenvalue weighted by Crippen LogP contribution is -2.13. The van der Waals surface area contributed by atoms with Crippen LogP contribution in [0.3, 0.4) is 0 Å². The highest BCUT2D eigenvalue weighted by atomic mass is 15.0. The molecule has 0 heterocycles. The molecule has 0 bridgehead atoms. The summed E-state index contributed by atoms with van der Waals surface area (Å²) in [5, 5.41) is 0. The Bertz CT molecular complexity index is 388. The molecule has 1 nitrogen and oxygen atoms in total. The Kier molecular flexibility index (Phi) is 14.1. The van der Waals surface area contributed by atoms with Crippen LogP contribution in [0.1, 0.15) is 135 Å². The van der Waals surface area contributed by atoms with Crippen LogP contribution in [0.15, 0.2) is 12.2 Å². The van der Waals surface area contributed by atoms with E-state index in [0.29, 0.717) is 0 Å². The summed E-state index contributed by atoms with van der Waals surface area (Å²) >= 11 is 0. The van der Waals surface area contributed by atoms with Gasteiger partial charge in [0.05, 0.1) is 0 Å². The first-order chi connectivity index (χ1) is 14.6. The molecule has 1 heteroatoms. The van der Waals surface area contributed by atoms with E-state index in [4.69, 9.17) is 0 Å². The summed E-state index contributed by atoms with van der Waals surface area (Å²) in [5.41, 5.74) is 1.53. The second-order valence-corrected chi connectivity index (χ2v) is 11.3. The van der Waals surface area contributed by atoms with E-state index in [9.17, 15) is 0 Å². The summed E-state index contributed by atoms with van der Waals surface area (Å²) < 4.78 is 0. The Balaban J connectivity index is 1.59. The smallest absolute Gasteiger partial charge is 0.00218 e. The van der Waals surface area contributed by atoms with Gasteiger partial charge in [0.25, 0.3) is 0 Å². The molecule has 0 aliphatic heterocycles. The van der Waals surface area contributed by atoms with Crippen molar-refractivity contribution in [3.8, 4) is 0 Å². The van der Waals surface area contributed by atoms with Crippen LogP contribution in [0.4, 0.5) is 0 Å². The topological polar surface area (TPSA) is 3.24 Å². The predicted molar refractivity (Wildman–Crippen MR) is 135 cm³/mol. The largest absolute Gasteiger partial charge is 0.309 e. The molecule has 30 heavy (non-hydrogen) atoms. The Morgan fingerprint density at radius 1 is 0.733 bits per heavy atom. The third kappa shape index (κ3) is 12.5. The van der Waals surface area contributed by atoms with Crippen LogP contribution in [0.25, 0.3) is 0 Å². The van der Waals surface area contributed by atoms with Crippen molar-refractivity contribution in [2.75, 3.05) is 20.6 Å². The van der Waals surface area contributed by atoms with Crippen LogP contribution in [0.5, 0.6) is 0 Å². The van der Waals surface area contributed by atoms with E-state index in [-0.39, 0.29) is 0 Å². The minimum absolute atomic E-state index is 0.912. The Labute approximate surface area is 190 Å². The van der Waals surface area contributed by atoms with Gasteiger partial charge >= 0.3 is 0 Å². The minimum Gasteiger partial charge on any atom is -0.309 e. The molecule has 0 spiro atoms. The van der Waals surface area contributed by atoms with Crippen molar-refractivity contribution < 1.29 is 0 Å². The third-order valence-electron chi connectivity index (χ3n) is 8.11. The van der Waals surface area contributed by atoms with Gasteiger partial charge in [-0.25, -0.2) is 0 Å². The van der Waals surface area contributed by atoms with Gasteiger partial charge in [0.2, 0.25) is 0 Å². The molecule has 0 aromatic carbocycles. The number of hydrogen-bond acceptors (Lipinski definition) is 1. The quantitative estimate of drug-likeness (QED) is 0.159. The maximum absolute atomic E-state index is 4.47. The Morgan fingerprint density at radius 2 is 1.23 bits per heavy atom. The zero-order valence-corrected chi connectivity index (χ0v) is 20.9. The van der Waals surface area contributed by atoms with Crippen LogP contribution in [0, 0.1) is 17.8 Å². The van der Waals surface area contributed by atoms with Crippen molar-refractivity contribution in [1.29, 1.82) is 0 Å². The molecule has 0 atom stereocenters. The highest BCUT2D eigenvalue weighted by molar-refractivity contribution is 4.96. The van der Waals surface area contributed by atoms with Crippen LogP contribution in [0.2, 0.25) is 0 Å². The average Bonchev–Trinajstić information content (AvgIpc) is 3.41. The van der Waals surface area contributed by atoms with Gasteiger partial charge in [0.1, 0.15) is 0 Å². The molecule has 0 unspecified atom stereocenters. The van der Waals surface area contributed by atoms with E-state index in [1.807, 2.05) is 0 Å². The monoisotopic (exact) mass is 417 g/mol. The molecule has 0 aromatic rings. The van der Waals surface area contributed by atoms with Crippen molar-refractivity contribution in [3.05, 3.63) is 12.2 Å². The molecule has 0 saturated heterocycles. The first-order valence-electron chi connectivity index (χ1n) is 13.9. The molecular formula is C29H55N. The molecular weight excluding hydrogens is 362 g/mol. The standard InChI is InChI=1S/C29H55N/c1-26(15-14-24-30(2)3)25-29(22-8-4-6-16-27-18-10-11-19-27)23-9-5-7-17-28-20-12-13-21-28/h27-29H,1,4-25H2,2-3H3. The van der Waals surface area contributed by atoms with Gasteiger partial charge in [-0.3, -0.25) is 0 Å². The highest BCUT2D eigenvalue weighted by Gasteiger charge is 2.16. The van der Waals surface area contributed by atoms with E-state index in [2.05, 4.69) is 25.6 Å². The fourth-order valence-corrected chi connectivity index (χ4v) is 6.19. The molecule has 0 aromatic heterocycles. The van der Waals surface area contributed by atoms with Gasteiger partial charge < -0.3 is 4.90 Å². The van der Waals surface area contributed by atoms with Crippen LogP contribution in [-0.2, 0) is 0 Å². The van der Waals surface area contributed by atoms with Crippen LogP contribution >= 0.6 is 0 Å². The van der Waals surface area contributed by atoms with Gasteiger partial charge in [0.15, 0.2) is 0 Å². The Hall–Kier alpha value is -0.300. The molecule has 2 aliphatic carbocycles. The first kappa shape index (κ1) is 26.0. The van der Waals surface area contributed by atoms with Crippen LogP contribution in [-0.4, -0.2) is 25.5 Å². The maximum atomic E-state index is 4.47. The van der Waals surface area contributed by atoms with Gasteiger partial charge in [0, 0.05) is 0 Å². The van der Waals surface area contributed by atoms with Crippen molar-refractivity contribution >= 4 is 0 Å². The van der Waals surface area contributed by atoms with Gasteiger partial charge in [-0.2, -0.15) is 0 Å². The molecule has 0 amide bonds. The van der Waals surface area contributed by atoms with Gasteiger partial charge in [-0.1, -0.05) is 128 Å². The summed E-state index contributed by atoms with van der Waals surface area (Å²) in [6, 6.07) is 0. The third-order valence-corrected chi connectivity index (χ3v) is 8.11. The molecule has 2 rings (SSSR count). The molecule has 2 saturated carbocycles. The number of unbranched alkanes of at least 4 members (excludes halogenated alkanes) is 4. The van der Waals surface area contributed by atoms with Gasteiger partial charge in [-0.05, 0) is 57.7 Å². The summed E-state index contributed by atoms with van der Waals surface area (Å²) in [6.45, 7) is 5.67. The normalized spacial score (nSPS) is 18.3. The number of rotatable bonds is 18. The number of nitrogens with zero attached hydrogens (tertiary/aromatic N) is 1. The maximum Gasteiger partial charge on any atom is -0.00218 e. The zero-order valence-electron chi connectivity index (χ0n) is 20.9. The van der Waals surface area contributed by atoms with Crippen LogP contribution < -0.4 is 0 Å². The van der Waals surface area contributed by atoms with Crippen molar-refractivity contribution in [3.63, 3.8) is 0 Å². The zero-order chi connectivity index (χ0) is 21.4. The molecule has 0 N–H and O–H groups in total. The van der Waals surface area contributed by atoms with E-state index in [1.54, 1.807) is 0 Å². The minimum atomic E-state index is 0.912. The van der Waals surface area contributed by atoms with Crippen molar-refractivity contribution in [2.45, 2.75) is 135 Å². The summed E-state index contributed by atoms with van der Waals surface area (Å²) in [4.78, 5) is 2.31. The van der Waals surface area contributed by atoms with E-state index in [0.717, 1.165) is 17.8 Å². The lowest BCUT2D eigenvalue weighted by Gasteiger charge is -2.19. The summed E-state index contributed by atoms with van der Waals surface area (Å²) in [7, 11) is 4.37. The summed E-state index contributed by atoms with van der Waals surface area (Å²) in [6.07, 6.45) is 30.7.